The van der Waals surface area contributed by atoms with Gasteiger partial charge >= 0.3 is 0 Å². The van der Waals surface area contributed by atoms with Gasteiger partial charge in [-0.05, 0) is 56.1 Å². The number of nitrogens with one attached hydrogen (secondary N) is 3. The molecule has 5 N–H and O–H groups in total. The Morgan fingerprint density at radius 1 is 1.10 bits per heavy atom. The van der Waals surface area contributed by atoms with Crippen molar-refractivity contribution < 1.29 is 0 Å². The molecule has 0 atom stereocenters. The number of para-hydroxylation sites is 1. The number of imidazole rings is 1. The predicted octanol–water partition coefficient (Wildman–Crippen LogP) is 3.09. The van der Waals surface area contributed by atoms with E-state index in [0.29, 0.717) is 23.0 Å². The Morgan fingerprint density at radius 3 is 2.73 bits per heavy atom. The van der Waals surface area contributed by atoms with Crippen LogP contribution in [0.2, 0.25) is 0 Å². The van der Waals surface area contributed by atoms with Crippen LogP contribution < -0.4 is 21.5 Å². The van der Waals surface area contributed by atoms with Crippen LogP contribution in [-0.2, 0) is 0 Å². The summed E-state index contributed by atoms with van der Waals surface area (Å²) in [5, 5.41) is 4.24. The molecule has 3 heterocycles. The van der Waals surface area contributed by atoms with Crippen LogP contribution in [0.15, 0.2) is 47.3 Å². The molecule has 5 rings (SSSR count). The molecule has 4 aromatic rings. The van der Waals surface area contributed by atoms with Gasteiger partial charge in [0.25, 0.3) is 5.56 Å². The molecule has 0 radical (unpaired) electrons. The van der Waals surface area contributed by atoms with Gasteiger partial charge in [-0.3, -0.25) is 4.79 Å². The third-order valence-electron chi connectivity index (χ3n) is 6.10. The van der Waals surface area contributed by atoms with E-state index in [0.717, 1.165) is 47.3 Å². The van der Waals surface area contributed by atoms with Gasteiger partial charge in [0, 0.05) is 24.7 Å². The first-order valence-corrected chi connectivity index (χ1v) is 10.4. The molecule has 154 valence electrons. The molecule has 0 amide bonds. The Kier molecular flexibility index (Phi) is 4.67. The fourth-order valence-electron chi connectivity index (χ4n) is 4.41. The zero-order chi connectivity index (χ0) is 20.7. The van der Waals surface area contributed by atoms with Gasteiger partial charge in [-0.2, -0.15) is 0 Å². The quantitative estimate of drug-likeness (QED) is 0.420. The summed E-state index contributed by atoms with van der Waals surface area (Å²) in [5.74, 6) is 1.20. The average Bonchev–Trinajstić information content (AvgIpc) is 3.17. The zero-order valence-electron chi connectivity index (χ0n) is 17.0. The van der Waals surface area contributed by atoms with E-state index in [1.807, 2.05) is 30.3 Å². The van der Waals surface area contributed by atoms with Gasteiger partial charge in [-0.15, -0.1) is 0 Å². The molecular formula is C23H26N6O. The molecule has 7 heteroatoms. The number of benzene rings is 2. The zero-order valence-corrected chi connectivity index (χ0v) is 17.0. The first-order valence-electron chi connectivity index (χ1n) is 10.4. The number of H-pyrrole nitrogens is 2. The highest BCUT2D eigenvalue weighted by atomic mass is 16.1. The number of pyridine rings is 1. The van der Waals surface area contributed by atoms with Crippen molar-refractivity contribution in [2.45, 2.75) is 12.8 Å². The Morgan fingerprint density at radius 2 is 1.90 bits per heavy atom. The molecule has 2 aromatic heterocycles. The molecule has 7 nitrogen and oxygen atoms in total. The largest absolute Gasteiger partial charge is 0.397 e. The van der Waals surface area contributed by atoms with Crippen LogP contribution in [0.25, 0.3) is 33.3 Å². The fourth-order valence-corrected chi connectivity index (χ4v) is 4.41. The number of hydrogen-bond donors (Lipinski definition) is 4. The Bertz CT molecular complexity index is 1270. The maximum Gasteiger partial charge on any atom is 0.261 e. The molecule has 0 spiro atoms. The summed E-state index contributed by atoms with van der Waals surface area (Å²) in [6.45, 7) is 3.23. The minimum absolute atomic E-state index is 0.242. The molecular weight excluding hydrogens is 376 g/mol. The van der Waals surface area contributed by atoms with E-state index in [1.54, 1.807) is 0 Å². The molecule has 2 aromatic carbocycles. The lowest BCUT2D eigenvalue weighted by Crippen LogP contribution is -2.34. The van der Waals surface area contributed by atoms with Gasteiger partial charge in [0.2, 0.25) is 0 Å². The standard InChI is InChI=1S/C23H26N6O/c1-29(13-14-8-10-25-11-9-14)15-6-7-18-19(12-15)27-22(26-18)20-21(24)16-4-2-3-5-17(16)28-23(20)30/h2-7,12,14,25H,8-11,13H2,1H3,(H,26,27)(H3,24,28,30). The topological polar surface area (TPSA) is 103 Å². The second-order valence-corrected chi connectivity index (χ2v) is 8.15. The summed E-state index contributed by atoms with van der Waals surface area (Å²) in [6.07, 6.45) is 2.43. The van der Waals surface area contributed by atoms with E-state index in [1.165, 1.54) is 12.8 Å². The molecule has 1 aliphatic rings. The monoisotopic (exact) mass is 402 g/mol. The molecule has 30 heavy (non-hydrogen) atoms. The van der Waals surface area contributed by atoms with Crippen molar-refractivity contribution in [3.8, 4) is 11.4 Å². The lowest BCUT2D eigenvalue weighted by Gasteiger charge is -2.28. The molecule has 1 saturated heterocycles. The summed E-state index contributed by atoms with van der Waals surface area (Å²) >= 11 is 0. The Hall–Kier alpha value is -3.32. The lowest BCUT2D eigenvalue weighted by molar-refractivity contribution is 0.378. The minimum Gasteiger partial charge on any atom is -0.397 e. The van der Waals surface area contributed by atoms with Crippen molar-refractivity contribution in [2.75, 3.05) is 37.3 Å². The number of nitrogen functional groups attached to an aromatic ring is 1. The summed E-state index contributed by atoms with van der Waals surface area (Å²) in [4.78, 5) is 25.9. The number of rotatable bonds is 4. The third-order valence-corrected chi connectivity index (χ3v) is 6.10. The Labute approximate surface area is 174 Å². The normalized spacial score (nSPS) is 15.1. The molecule has 0 aliphatic carbocycles. The first kappa shape index (κ1) is 18.7. The number of nitrogens with zero attached hydrogens (tertiary/aromatic N) is 2. The summed E-state index contributed by atoms with van der Waals surface area (Å²) in [7, 11) is 2.13. The van der Waals surface area contributed by atoms with Gasteiger partial charge in [0.1, 0.15) is 11.4 Å². The first-order chi connectivity index (χ1) is 14.6. The number of aromatic amines is 2. The number of nitrogens with two attached hydrogens (primary N) is 1. The maximum absolute atomic E-state index is 12.7. The van der Waals surface area contributed by atoms with Crippen molar-refractivity contribution >= 4 is 33.3 Å². The van der Waals surface area contributed by atoms with Crippen LogP contribution in [0.4, 0.5) is 11.4 Å². The maximum atomic E-state index is 12.7. The average molecular weight is 403 g/mol. The van der Waals surface area contributed by atoms with Crippen molar-refractivity contribution in [1.82, 2.24) is 20.3 Å². The molecule has 0 bridgehead atoms. The highest BCUT2D eigenvalue weighted by molar-refractivity contribution is 5.97. The van der Waals surface area contributed by atoms with Crippen molar-refractivity contribution in [1.29, 1.82) is 0 Å². The van der Waals surface area contributed by atoms with Crippen molar-refractivity contribution in [3.05, 3.63) is 52.8 Å². The van der Waals surface area contributed by atoms with E-state index in [9.17, 15) is 4.79 Å². The van der Waals surface area contributed by atoms with E-state index >= 15 is 0 Å². The van der Waals surface area contributed by atoms with E-state index in [-0.39, 0.29) is 5.56 Å². The second kappa shape index (κ2) is 7.50. The summed E-state index contributed by atoms with van der Waals surface area (Å²) in [6, 6.07) is 13.7. The molecule has 0 unspecified atom stereocenters. The smallest absolute Gasteiger partial charge is 0.261 e. The van der Waals surface area contributed by atoms with E-state index in [4.69, 9.17) is 5.73 Å². The lowest BCUT2D eigenvalue weighted by atomic mass is 9.97. The van der Waals surface area contributed by atoms with Crippen LogP contribution in [0.5, 0.6) is 0 Å². The second-order valence-electron chi connectivity index (χ2n) is 8.15. The van der Waals surface area contributed by atoms with E-state index < -0.39 is 0 Å². The minimum atomic E-state index is -0.242. The van der Waals surface area contributed by atoms with Crippen LogP contribution in [0.3, 0.4) is 0 Å². The number of anilines is 2. The van der Waals surface area contributed by atoms with E-state index in [2.05, 4.69) is 44.3 Å². The summed E-state index contributed by atoms with van der Waals surface area (Å²) < 4.78 is 0. The highest BCUT2D eigenvalue weighted by Gasteiger charge is 2.18. The fraction of sp³-hybridized carbons (Fsp3) is 0.304. The number of hydrogen-bond acceptors (Lipinski definition) is 5. The van der Waals surface area contributed by atoms with Gasteiger partial charge in [0.15, 0.2) is 0 Å². The highest BCUT2D eigenvalue weighted by Crippen LogP contribution is 2.29. The Balaban J connectivity index is 1.50. The van der Waals surface area contributed by atoms with Gasteiger partial charge in [-0.1, -0.05) is 18.2 Å². The summed E-state index contributed by atoms with van der Waals surface area (Å²) in [5.41, 5.74) is 10.5. The van der Waals surface area contributed by atoms with Gasteiger partial charge in [0.05, 0.1) is 22.2 Å². The number of fused-ring (bicyclic) bond motifs is 2. The number of piperidine rings is 1. The van der Waals surface area contributed by atoms with Crippen molar-refractivity contribution in [3.63, 3.8) is 0 Å². The van der Waals surface area contributed by atoms with Gasteiger partial charge in [-0.25, -0.2) is 4.98 Å². The van der Waals surface area contributed by atoms with Crippen LogP contribution in [0.1, 0.15) is 12.8 Å². The van der Waals surface area contributed by atoms with Crippen molar-refractivity contribution in [2.24, 2.45) is 5.92 Å². The third kappa shape index (κ3) is 3.31. The van der Waals surface area contributed by atoms with Gasteiger partial charge < -0.3 is 25.9 Å². The molecule has 0 saturated carbocycles. The molecule has 1 fully saturated rings. The van der Waals surface area contributed by atoms with Crippen LogP contribution in [-0.4, -0.2) is 41.6 Å². The van der Waals surface area contributed by atoms with Crippen LogP contribution in [0, 0.1) is 5.92 Å². The SMILES string of the molecule is CN(CC1CCNCC1)c1ccc2nc(-c3c(N)c4ccccc4[nH]c3=O)[nH]c2c1. The predicted molar refractivity (Wildman–Crippen MR) is 123 cm³/mol. The molecule has 1 aliphatic heterocycles. The number of aromatic nitrogens is 3. The van der Waals surface area contributed by atoms with Crippen LogP contribution >= 0.6 is 0 Å².